The summed E-state index contributed by atoms with van der Waals surface area (Å²) in [5.74, 6) is 1.96. The van der Waals surface area contributed by atoms with Gasteiger partial charge in [-0.25, -0.2) is 0 Å². The van der Waals surface area contributed by atoms with Crippen molar-refractivity contribution in [3.63, 3.8) is 0 Å². The summed E-state index contributed by atoms with van der Waals surface area (Å²) >= 11 is 0. The van der Waals surface area contributed by atoms with E-state index in [2.05, 4.69) is 30.5 Å². The summed E-state index contributed by atoms with van der Waals surface area (Å²) in [6.07, 6.45) is 0. The van der Waals surface area contributed by atoms with Crippen LogP contribution in [0.25, 0.3) is 0 Å². The molecule has 0 unspecified atom stereocenters. The lowest BCUT2D eigenvalue weighted by Gasteiger charge is -2.15. The van der Waals surface area contributed by atoms with Gasteiger partial charge in [-0.3, -0.25) is 4.99 Å². The monoisotopic (exact) mass is 483 g/mol. The molecule has 2 rings (SSSR count). The number of guanidine groups is 1. The lowest BCUT2D eigenvalue weighted by molar-refractivity contribution is -0.0504. The topological polar surface area (TPSA) is 93.8 Å². The van der Waals surface area contributed by atoms with Crippen molar-refractivity contribution in [3.8, 4) is 11.5 Å². The number of hydrogen-bond donors (Lipinski definition) is 2. The lowest BCUT2D eigenvalue weighted by atomic mass is 10.2. The molecule has 2 N–H and O–H groups in total. The minimum atomic E-state index is -2.91. The Hall–Kier alpha value is -2.18. The fraction of sp³-hybridized carbons (Fsp3) is 0.400. The molecule has 0 amide bonds. The molecular weight excluding hydrogens is 463 g/mol. The quantitative estimate of drug-likeness (QED) is 0.355. The summed E-state index contributed by atoms with van der Waals surface area (Å²) in [5.41, 5.74) is 0.497. The molecule has 0 aliphatic rings. The number of ether oxygens (including phenoxy) is 2. The fourth-order valence-corrected chi connectivity index (χ4v) is 2.00. The molecule has 0 bridgehead atoms. The van der Waals surface area contributed by atoms with Crippen LogP contribution in [0.4, 0.5) is 8.78 Å². The molecule has 0 radical (unpaired) electrons. The van der Waals surface area contributed by atoms with Crippen LogP contribution in [0.2, 0.25) is 0 Å². The highest BCUT2D eigenvalue weighted by Gasteiger charge is 2.12. The van der Waals surface area contributed by atoms with E-state index in [1.807, 2.05) is 0 Å². The van der Waals surface area contributed by atoms with Crippen molar-refractivity contribution in [3.05, 3.63) is 35.5 Å². The van der Waals surface area contributed by atoms with Gasteiger partial charge in [0.25, 0.3) is 0 Å². The number of nitrogens with one attached hydrogen (secondary N) is 2. The predicted octanol–water partition coefficient (Wildman–Crippen LogP) is 2.47. The number of hydrogen-bond acceptors (Lipinski definition) is 6. The average molecular weight is 483 g/mol. The highest BCUT2D eigenvalue weighted by atomic mass is 127. The number of halogens is 3. The Morgan fingerprint density at radius 3 is 2.62 bits per heavy atom. The van der Waals surface area contributed by atoms with Gasteiger partial charge in [0.2, 0.25) is 5.89 Å². The second kappa shape index (κ2) is 10.7. The normalized spacial score (nSPS) is 11.1. The highest BCUT2D eigenvalue weighted by molar-refractivity contribution is 14.0. The van der Waals surface area contributed by atoms with Crippen molar-refractivity contribution in [2.45, 2.75) is 26.6 Å². The van der Waals surface area contributed by atoms with Crippen molar-refractivity contribution in [2.75, 3.05) is 14.2 Å². The van der Waals surface area contributed by atoms with E-state index >= 15 is 0 Å². The maximum absolute atomic E-state index is 12.5. The Morgan fingerprint density at radius 1 is 1.31 bits per heavy atom. The van der Waals surface area contributed by atoms with Crippen molar-refractivity contribution < 1.29 is 22.8 Å². The van der Waals surface area contributed by atoms with E-state index < -0.39 is 6.61 Å². The summed E-state index contributed by atoms with van der Waals surface area (Å²) in [6.45, 7) is -0.723. The van der Waals surface area contributed by atoms with E-state index in [-0.39, 0.29) is 42.8 Å². The van der Waals surface area contributed by atoms with Gasteiger partial charge in [-0.15, -0.1) is 24.0 Å². The standard InChI is InChI=1S/C15H19F2N5O3.HI/c1-9-21-13(25-22-9)8-20-15(18-2)19-7-10-6-11(23-3)4-5-12(10)24-14(16)17;/h4-6,14H,7-8H2,1-3H3,(H2,18,19,20);1H. The molecule has 1 aromatic heterocycles. The van der Waals surface area contributed by atoms with E-state index in [0.717, 1.165) is 0 Å². The molecule has 0 saturated carbocycles. The van der Waals surface area contributed by atoms with Gasteiger partial charge in [0.05, 0.1) is 13.7 Å². The van der Waals surface area contributed by atoms with E-state index in [1.165, 1.54) is 13.2 Å². The van der Waals surface area contributed by atoms with Gasteiger partial charge in [-0.2, -0.15) is 13.8 Å². The van der Waals surface area contributed by atoms with Crippen LogP contribution in [0.5, 0.6) is 11.5 Å². The molecule has 1 aromatic carbocycles. The summed E-state index contributed by atoms with van der Waals surface area (Å²) < 4.78 is 39.7. The first-order valence-corrected chi connectivity index (χ1v) is 7.37. The maximum Gasteiger partial charge on any atom is 0.387 e. The molecule has 0 fully saturated rings. The van der Waals surface area contributed by atoms with Crippen LogP contribution in [-0.4, -0.2) is 36.9 Å². The first kappa shape index (κ1) is 21.9. The highest BCUT2D eigenvalue weighted by Crippen LogP contribution is 2.25. The van der Waals surface area contributed by atoms with Gasteiger partial charge in [0, 0.05) is 19.2 Å². The Bertz CT molecular complexity index is 727. The fourth-order valence-electron chi connectivity index (χ4n) is 2.00. The van der Waals surface area contributed by atoms with Gasteiger partial charge < -0.3 is 24.6 Å². The second-order valence-electron chi connectivity index (χ2n) is 4.87. The van der Waals surface area contributed by atoms with Crippen molar-refractivity contribution in [1.29, 1.82) is 0 Å². The minimum Gasteiger partial charge on any atom is -0.497 e. The smallest absolute Gasteiger partial charge is 0.387 e. The van der Waals surface area contributed by atoms with Gasteiger partial charge in [-0.1, -0.05) is 5.16 Å². The third kappa shape index (κ3) is 6.61. The molecular formula is C15H20F2IN5O3. The average Bonchev–Trinajstić information content (AvgIpc) is 3.01. The van der Waals surface area contributed by atoms with Crippen LogP contribution < -0.4 is 20.1 Å². The molecule has 26 heavy (non-hydrogen) atoms. The number of nitrogens with zero attached hydrogens (tertiary/aromatic N) is 3. The first-order chi connectivity index (χ1) is 12.0. The first-order valence-electron chi connectivity index (χ1n) is 7.37. The van der Waals surface area contributed by atoms with E-state index in [0.29, 0.717) is 29.0 Å². The van der Waals surface area contributed by atoms with E-state index in [4.69, 9.17) is 9.26 Å². The zero-order chi connectivity index (χ0) is 18.2. The number of alkyl halides is 2. The molecule has 8 nitrogen and oxygen atoms in total. The summed E-state index contributed by atoms with van der Waals surface area (Å²) in [7, 11) is 3.07. The number of aliphatic imine (C=N–C) groups is 1. The lowest BCUT2D eigenvalue weighted by Crippen LogP contribution is -2.36. The van der Waals surface area contributed by atoms with Crippen LogP contribution in [0.1, 0.15) is 17.3 Å². The van der Waals surface area contributed by atoms with Crippen LogP contribution in [0, 0.1) is 6.92 Å². The van der Waals surface area contributed by atoms with Gasteiger partial charge >= 0.3 is 6.61 Å². The largest absolute Gasteiger partial charge is 0.497 e. The zero-order valence-corrected chi connectivity index (χ0v) is 16.8. The molecule has 0 saturated heterocycles. The number of benzene rings is 1. The van der Waals surface area contributed by atoms with Crippen LogP contribution in [0.3, 0.4) is 0 Å². The summed E-state index contributed by atoms with van der Waals surface area (Å²) in [6, 6.07) is 4.59. The number of methoxy groups -OCH3 is 1. The third-order valence-electron chi connectivity index (χ3n) is 3.13. The molecule has 1 heterocycles. The van der Waals surface area contributed by atoms with Crippen LogP contribution in [0.15, 0.2) is 27.7 Å². The zero-order valence-electron chi connectivity index (χ0n) is 14.5. The molecule has 2 aromatic rings. The maximum atomic E-state index is 12.5. The van der Waals surface area contributed by atoms with E-state index in [1.54, 1.807) is 26.1 Å². The molecule has 11 heteroatoms. The molecule has 0 aliphatic carbocycles. The van der Waals surface area contributed by atoms with Crippen molar-refractivity contribution >= 4 is 29.9 Å². The number of aromatic nitrogens is 2. The van der Waals surface area contributed by atoms with Crippen molar-refractivity contribution in [1.82, 2.24) is 20.8 Å². The molecule has 0 aliphatic heterocycles. The Labute approximate surface area is 166 Å². The molecule has 144 valence electrons. The SMILES string of the molecule is CN=C(NCc1nc(C)no1)NCc1cc(OC)ccc1OC(F)F.I. The summed E-state index contributed by atoms with van der Waals surface area (Å²) in [5, 5.41) is 9.66. The summed E-state index contributed by atoms with van der Waals surface area (Å²) in [4.78, 5) is 8.10. The Balaban J connectivity index is 0.00000338. The third-order valence-corrected chi connectivity index (χ3v) is 3.13. The van der Waals surface area contributed by atoms with Gasteiger partial charge in [0.15, 0.2) is 11.8 Å². The number of aryl methyl sites for hydroxylation is 1. The number of rotatable bonds is 7. The van der Waals surface area contributed by atoms with Crippen molar-refractivity contribution in [2.24, 2.45) is 4.99 Å². The Morgan fingerprint density at radius 2 is 2.04 bits per heavy atom. The second-order valence-corrected chi connectivity index (χ2v) is 4.87. The van der Waals surface area contributed by atoms with Gasteiger partial charge in [0.1, 0.15) is 11.5 Å². The Kier molecular flexibility index (Phi) is 9.02. The van der Waals surface area contributed by atoms with Crippen LogP contribution >= 0.6 is 24.0 Å². The van der Waals surface area contributed by atoms with Gasteiger partial charge in [-0.05, 0) is 25.1 Å². The van der Waals surface area contributed by atoms with Crippen LogP contribution in [-0.2, 0) is 13.1 Å². The van der Waals surface area contributed by atoms with E-state index in [9.17, 15) is 8.78 Å². The molecule has 0 atom stereocenters. The predicted molar refractivity (Wildman–Crippen MR) is 101 cm³/mol. The molecule has 0 spiro atoms. The minimum absolute atomic E-state index is 0.